The average Bonchev–Trinajstić information content (AvgIpc) is 3.14. The molecule has 1 aliphatic heterocycles. The molecule has 7 N–H and O–H groups in total. The molecule has 0 saturated carbocycles. The Balaban J connectivity index is 1.62. The fourth-order valence-corrected chi connectivity index (χ4v) is 6.98. The van der Waals surface area contributed by atoms with Crippen LogP contribution >= 0.6 is 0 Å². The molecular formula is C42H75NO9. The van der Waals surface area contributed by atoms with Crippen molar-refractivity contribution in [1.82, 2.24) is 5.32 Å². The van der Waals surface area contributed by atoms with Gasteiger partial charge in [0.2, 0.25) is 5.91 Å². The number of aryl methyl sites for hydroxylation is 1. The summed E-state index contributed by atoms with van der Waals surface area (Å²) in [6, 6.07) is 6.51. The van der Waals surface area contributed by atoms with Crippen molar-refractivity contribution in [1.29, 1.82) is 0 Å². The number of carbonyl (C=O) groups excluding carboxylic acids is 1. The highest BCUT2D eigenvalue weighted by atomic mass is 16.7. The van der Waals surface area contributed by atoms with Gasteiger partial charge in [-0.05, 0) is 18.9 Å². The second-order valence-electron chi connectivity index (χ2n) is 15.3. The van der Waals surface area contributed by atoms with Gasteiger partial charge in [-0.3, -0.25) is 4.79 Å². The Hall–Kier alpha value is -1.63. The smallest absolute Gasteiger partial charge is 0.220 e. The molecule has 1 fully saturated rings. The van der Waals surface area contributed by atoms with E-state index in [1.54, 1.807) is 0 Å². The zero-order chi connectivity index (χ0) is 38.0. The molecule has 2 rings (SSSR count). The van der Waals surface area contributed by atoms with Crippen LogP contribution in [0, 0.1) is 6.92 Å². The maximum absolute atomic E-state index is 12.9. The second-order valence-corrected chi connectivity index (χ2v) is 15.3. The molecule has 0 radical (unpaired) electrons. The number of nitrogens with one attached hydrogen (secondary N) is 1. The van der Waals surface area contributed by atoms with Crippen molar-refractivity contribution in [2.75, 3.05) is 13.2 Å². The van der Waals surface area contributed by atoms with Gasteiger partial charge >= 0.3 is 0 Å². The Labute approximate surface area is 314 Å². The first-order chi connectivity index (χ1) is 25.2. The molecule has 0 spiro atoms. The number of unbranched alkanes of at least 4 members (excludes halogenated alkanes) is 20. The van der Waals surface area contributed by atoms with Gasteiger partial charge < -0.3 is 45.4 Å². The van der Waals surface area contributed by atoms with E-state index in [-0.39, 0.29) is 25.4 Å². The van der Waals surface area contributed by atoms with Gasteiger partial charge in [0, 0.05) is 12.8 Å². The number of ether oxygens (including phenoxy) is 2. The quantitative estimate of drug-likeness (QED) is 0.0441. The first-order valence-electron chi connectivity index (χ1n) is 20.8. The molecule has 1 aliphatic rings. The van der Waals surface area contributed by atoms with Crippen LogP contribution in [-0.2, 0) is 20.7 Å². The molecule has 0 bridgehead atoms. The molecule has 1 saturated heterocycles. The Bertz CT molecular complexity index is 1010. The number of benzene rings is 1. The summed E-state index contributed by atoms with van der Waals surface area (Å²) in [6.45, 7) is 3.27. The second kappa shape index (κ2) is 28.8. The Morgan fingerprint density at radius 1 is 0.712 bits per heavy atom. The van der Waals surface area contributed by atoms with Crippen LogP contribution in [0.5, 0.6) is 0 Å². The van der Waals surface area contributed by atoms with Crippen LogP contribution in [0.4, 0.5) is 0 Å². The van der Waals surface area contributed by atoms with E-state index in [0.29, 0.717) is 6.42 Å². The summed E-state index contributed by atoms with van der Waals surface area (Å²) in [6.07, 6.45) is 17.4. The monoisotopic (exact) mass is 738 g/mol. The Kier molecular flexibility index (Phi) is 25.7. The molecule has 302 valence electrons. The number of aliphatic hydroxyl groups excluding tert-OH is 6. The molecule has 0 unspecified atom stereocenters. The predicted octanol–water partition coefficient (Wildman–Crippen LogP) is 6.16. The van der Waals surface area contributed by atoms with Gasteiger partial charge in [0.05, 0.1) is 25.4 Å². The van der Waals surface area contributed by atoms with E-state index in [1.807, 2.05) is 31.2 Å². The lowest BCUT2D eigenvalue weighted by molar-refractivity contribution is -0.303. The van der Waals surface area contributed by atoms with Crippen molar-refractivity contribution in [2.45, 2.75) is 210 Å². The predicted molar refractivity (Wildman–Crippen MR) is 206 cm³/mol. The Morgan fingerprint density at radius 2 is 1.17 bits per heavy atom. The van der Waals surface area contributed by atoms with E-state index in [1.165, 1.54) is 109 Å². The van der Waals surface area contributed by atoms with E-state index in [2.05, 4.69) is 12.2 Å². The van der Waals surface area contributed by atoms with Gasteiger partial charge in [0.15, 0.2) is 6.29 Å². The molecule has 10 nitrogen and oxygen atoms in total. The van der Waals surface area contributed by atoms with Gasteiger partial charge in [-0.25, -0.2) is 0 Å². The van der Waals surface area contributed by atoms with Gasteiger partial charge in [-0.15, -0.1) is 0 Å². The SMILES string of the molecule is CCCCCCCCCCCCCCCCCCCCCCCC(=O)N[C@@H](CO[C@H]1O[C@H](CO)[C@H](O)[C@H](O)[C@H]1O)[C@H](O)[C@H](O)Cc1ccc(C)cc1. The molecule has 1 aromatic carbocycles. The first kappa shape index (κ1) is 46.5. The van der Waals surface area contributed by atoms with Crippen molar-refractivity contribution in [3.05, 3.63) is 35.4 Å². The molecule has 10 heteroatoms. The summed E-state index contributed by atoms with van der Waals surface area (Å²) in [5.74, 6) is -0.290. The average molecular weight is 738 g/mol. The summed E-state index contributed by atoms with van der Waals surface area (Å²) in [7, 11) is 0. The van der Waals surface area contributed by atoms with E-state index in [9.17, 15) is 35.4 Å². The Morgan fingerprint density at radius 3 is 1.63 bits per heavy atom. The van der Waals surface area contributed by atoms with Crippen molar-refractivity contribution in [3.63, 3.8) is 0 Å². The minimum absolute atomic E-state index is 0.146. The standard InChI is InChI=1S/C42H75NO9/c1-3-4-5-6-7-8-9-10-11-12-13-14-15-16-17-18-19-20-21-22-23-24-37(46)43-34(38(47)35(45)29-33-27-25-32(2)26-28-33)31-51-42-41(50)40(49)39(48)36(30-44)52-42/h25-28,34-36,38-42,44-45,47-50H,3-24,29-31H2,1-2H3,(H,43,46)/t34-,35+,36+,38-,39-,40-,41+,42-/m0/s1. The van der Waals surface area contributed by atoms with Crippen molar-refractivity contribution < 1.29 is 44.9 Å². The van der Waals surface area contributed by atoms with Crippen LogP contribution in [0.15, 0.2) is 24.3 Å². The summed E-state index contributed by atoms with van der Waals surface area (Å²) >= 11 is 0. The number of hydrogen-bond acceptors (Lipinski definition) is 9. The molecule has 1 amide bonds. The third-order valence-electron chi connectivity index (χ3n) is 10.5. The normalized spacial score (nSPS) is 22.3. The highest BCUT2D eigenvalue weighted by Crippen LogP contribution is 2.23. The number of hydrogen-bond donors (Lipinski definition) is 7. The van der Waals surface area contributed by atoms with Crippen LogP contribution in [0.25, 0.3) is 0 Å². The van der Waals surface area contributed by atoms with Gasteiger partial charge in [-0.1, -0.05) is 165 Å². The first-order valence-corrected chi connectivity index (χ1v) is 20.8. The van der Waals surface area contributed by atoms with Crippen LogP contribution in [0.1, 0.15) is 159 Å². The summed E-state index contributed by atoms with van der Waals surface area (Å²) in [5, 5.41) is 64.8. The topological polar surface area (TPSA) is 169 Å². The van der Waals surface area contributed by atoms with E-state index in [0.717, 1.165) is 30.4 Å². The lowest BCUT2D eigenvalue weighted by Gasteiger charge is -2.40. The molecular weight excluding hydrogens is 662 g/mol. The number of carbonyl (C=O) groups is 1. The summed E-state index contributed by atoms with van der Waals surface area (Å²) < 4.78 is 11.1. The maximum atomic E-state index is 12.9. The molecule has 1 aromatic rings. The molecule has 0 aromatic heterocycles. The molecule has 52 heavy (non-hydrogen) atoms. The number of rotatable bonds is 31. The molecule has 8 atom stereocenters. The van der Waals surface area contributed by atoms with Crippen LogP contribution < -0.4 is 5.32 Å². The highest BCUT2D eigenvalue weighted by Gasteiger charge is 2.44. The fraction of sp³-hybridized carbons (Fsp3) is 0.833. The summed E-state index contributed by atoms with van der Waals surface area (Å²) in [4.78, 5) is 12.9. The van der Waals surface area contributed by atoms with E-state index >= 15 is 0 Å². The van der Waals surface area contributed by atoms with E-state index < -0.39 is 55.6 Å². The molecule has 1 heterocycles. The largest absolute Gasteiger partial charge is 0.394 e. The fourth-order valence-electron chi connectivity index (χ4n) is 6.98. The zero-order valence-electron chi connectivity index (χ0n) is 32.5. The van der Waals surface area contributed by atoms with Crippen LogP contribution in [0.3, 0.4) is 0 Å². The third-order valence-corrected chi connectivity index (χ3v) is 10.5. The minimum atomic E-state index is -1.62. The van der Waals surface area contributed by atoms with Crippen LogP contribution in [-0.4, -0.2) is 98.7 Å². The lowest BCUT2D eigenvalue weighted by atomic mass is 9.98. The zero-order valence-corrected chi connectivity index (χ0v) is 32.5. The summed E-state index contributed by atoms with van der Waals surface area (Å²) in [5.41, 5.74) is 1.88. The number of aliphatic hydroxyl groups is 6. The maximum Gasteiger partial charge on any atom is 0.220 e. The highest BCUT2D eigenvalue weighted by molar-refractivity contribution is 5.76. The van der Waals surface area contributed by atoms with Crippen molar-refractivity contribution >= 4 is 5.91 Å². The van der Waals surface area contributed by atoms with Crippen molar-refractivity contribution in [2.24, 2.45) is 0 Å². The third kappa shape index (κ3) is 19.6. The minimum Gasteiger partial charge on any atom is -0.394 e. The van der Waals surface area contributed by atoms with Crippen molar-refractivity contribution in [3.8, 4) is 0 Å². The van der Waals surface area contributed by atoms with Gasteiger partial charge in [-0.2, -0.15) is 0 Å². The van der Waals surface area contributed by atoms with Gasteiger partial charge in [0.25, 0.3) is 0 Å². The van der Waals surface area contributed by atoms with Gasteiger partial charge in [0.1, 0.15) is 30.5 Å². The lowest BCUT2D eigenvalue weighted by Crippen LogP contribution is -2.60. The molecule has 0 aliphatic carbocycles. The van der Waals surface area contributed by atoms with E-state index in [4.69, 9.17) is 9.47 Å². The van der Waals surface area contributed by atoms with Crippen LogP contribution in [0.2, 0.25) is 0 Å². The number of amides is 1.